The molecule has 2 heterocycles. The maximum absolute atomic E-state index is 9.79. The molecule has 0 aliphatic rings. The van der Waals surface area contributed by atoms with E-state index in [1.165, 1.54) is 5.56 Å². The highest BCUT2D eigenvalue weighted by Crippen LogP contribution is 2.26. The normalized spacial score (nSPS) is 11.4. The Balaban J connectivity index is 2.21. The number of nitriles is 1. The van der Waals surface area contributed by atoms with Gasteiger partial charge in [0.25, 0.3) is 0 Å². The van der Waals surface area contributed by atoms with Gasteiger partial charge in [-0.15, -0.1) is 0 Å². The van der Waals surface area contributed by atoms with Crippen LogP contribution in [-0.4, -0.2) is 37.1 Å². The summed E-state index contributed by atoms with van der Waals surface area (Å²) < 4.78 is 2.20. The molecule has 0 bridgehead atoms. The Hall–Kier alpha value is -2.58. The van der Waals surface area contributed by atoms with E-state index in [2.05, 4.69) is 65.7 Å². The lowest BCUT2D eigenvalue weighted by molar-refractivity contribution is -0.465. The van der Waals surface area contributed by atoms with Gasteiger partial charge in [0.2, 0.25) is 11.5 Å². The molecule has 2 aromatic heterocycles. The number of rotatable bonds is 7. The minimum atomic E-state index is 0.739. The van der Waals surface area contributed by atoms with Crippen molar-refractivity contribution in [2.45, 2.75) is 33.1 Å². The van der Waals surface area contributed by atoms with Crippen molar-refractivity contribution in [2.75, 3.05) is 32.5 Å². The second-order valence-electron chi connectivity index (χ2n) is 7.10. The zero-order valence-electron chi connectivity index (χ0n) is 16.2. The zero-order valence-corrected chi connectivity index (χ0v) is 16.2. The minimum Gasteiger partial charge on any atom is -0.309 e. The van der Waals surface area contributed by atoms with E-state index >= 15 is 0 Å². The van der Waals surface area contributed by atoms with E-state index in [4.69, 9.17) is 0 Å². The second-order valence-corrected chi connectivity index (χ2v) is 7.10. The summed E-state index contributed by atoms with van der Waals surface area (Å²) in [6, 6.07) is 10.7. The summed E-state index contributed by atoms with van der Waals surface area (Å²) in [6.45, 7) is 6.21. The summed E-state index contributed by atoms with van der Waals surface area (Å²) in [7, 11) is 4.20. The van der Waals surface area contributed by atoms with Crippen LogP contribution in [0.1, 0.15) is 36.5 Å². The largest absolute Gasteiger partial charge is 0.309 e. The first kappa shape index (κ1) is 18.2. The van der Waals surface area contributed by atoms with Crippen molar-refractivity contribution in [2.24, 2.45) is 0 Å². The van der Waals surface area contributed by atoms with Gasteiger partial charge in [0.05, 0.1) is 6.54 Å². The van der Waals surface area contributed by atoms with Gasteiger partial charge >= 0.3 is 0 Å². The molecule has 0 saturated heterocycles. The molecule has 0 atom stereocenters. The SMILES string of the molecule is CCCc1c(C)c(C#N)c2[nH]c3ccccc3[n+]2c1NCCCN(C)C. The lowest BCUT2D eigenvalue weighted by Gasteiger charge is -2.14. The van der Waals surface area contributed by atoms with Gasteiger partial charge in [-0.3, -0.25) is 4.98 Å². The molecule has 5 nitrogen and oxygen atoms in total. The maximum atomic E-state index is 9.79. The van der Waals surface area contributed by atoms with Gasteiger partial charge in [-0.1, -0.05) is 25.5 Å². The van der Waals surface area contributed by atoms with Crippen LogP contribution in [0.25, 0.3) is 16.7 Å². The van der Waals surface area contributed by atoms with Gasteiger partial charge in [0.1, 0.15) is 22.7 Å². The van der Waals surface area contributed by atoms with Crippen LogP contribution in [0.4, 0.5) is 5.82 Å². The first-order valence-electron chi connectivity index (χ1n) is 9.35. The van der Waals surface area contributed by atoms with E-state index in [0.29, 0.717) is 0 Å². The first-order chi connectivity index (χ1) is 12.6. The third-order valence-corrected chi connectivity index (χ3v) is 4.88. The zero-order chi connectivity index (χ0) is 18.7. The monoisotopic (exact) mass is 350 g/mol. The second kappa shape index (κ2) is 7.76. The molecule has 0 amide bonds. The molecule has 3 aromatic rings. The Morgan fingerprint density at radius 2 is 2.04 bits per heavy atom. The number of hydrogen-bond donors (Lipinski definition) is 2. The van der Waals surface area contributed by atoms with Gasteiger partial charge in [-0.25, -0.2) is 0 Å². The maximum Gasteiger partial charge on any atom is 0.250 e. The molecule has 0 fully saturated rings. The van der Waals surface area contributed by atoms with E-state index in [1.54, 1.807) is 0 Å². The fourth-order valence-corrected chi connectivity index (χ4v) is 3.61. The van der Waals surface area contributed by atoms with Gasteiger partial charge in [0.15, 0.2) is 0 Å². The Labute approximate surface area is 155 Å². The number of nitrogens with one attached hydrogen (secondary N) is 2. The van der Waals surface area contributed by atoms with E-state index < -0.39 is 0 Å². The highest BCUT2D eigenvalue weighted by molar-refractivity contribution is 5.78. The molecule has 0 unspecified atom stereocenters. The third-order valence-electron chi connectivity index (χ3n) is 4.88. The standard InChI is InChI=1S/C21H27N5/c1-5-9-16-15(2)17(14-22)21-24-18-10-6-7-11-19(18)26(21)20(16)23-12-8-13-25(3)4/h6-7,10-11H,5,8-9,12-13H2,1-4H3,(H,23,24)/p+1. The number of H-pyrrole nitrogens is 1. The molecule has 5 heteroatoms. The summed E-state index contributed by atoms with van der Waals surface area (Å²) in [5.74, 6) is 1.12. The summed E-state index contributed by atoms with van der Waals surface area (Å²) in [4.78, 5) is 5.65. The van der Waals surface area contributed by atoms with Crippen molar-refractivity contribution in [1.82, 2.24) is 9.88 Å². The van der Waals surface area contributed by atoms with Crippen LogP contribution in [0.3, 0.4) is 0 Å². The average Bonchev–Trinajstić information content (AvgIpc) is 3.00. The number of pyridine rings is 1. The number of hydrogen-bond acceptors (Lipinski definition) is 3. The van der Waals surface area contributed by atoms with Crippen molar-refractivity contribution in [3.8, 4) is 6.07 Å². The number of fused-ring (bicyclic) bond motifs is 3. The van der Waals surface area contributed by atoms with Crippen LogP contribution in [0, 0.1) is 18.3 Å². The predicted octanol–water partition coefficient (Wildman–Crippen LogP) is 3.40. The fraction of sp³-hybridized carbons (Fsp3) is 0.429. The number of imidazole rings is 1. The van der Waals surface area contributed by atoms with E-state index in [1.807, 2.05) is 12.1 Å². The summed E-state index contributed by atoms with van der Waals surface area (Å²) >= 11 is 0. The number of aromatic nitrogens is 2. The molecule has 2 N–H and O–H groups in total. The quantitative estimate of drug-likeness (QED) is 0.507. The Morgan fingerprint density at radius 1 is 1.27 bits per heavy atom. The van der Waals surface area contributed by atoms with Crippen molar-refractivity contribution in [3.05, 3.63) is 41.0 Å². The fourth-order valence-electron chi connectivity index (χ4n) is 3.61. The third kappa shape index (κ3) is 3.25. The molecule has 0 radical (unpaired) electrons. The van der Waals surface area contributed by atoms with Crippen LogP contribution in [0.5, 0.6) is 0 Å². The van der Waals surface area contributed by atoms with Crippen molar-refractivity contribution >= 4 is 22.5 Å². The van der Waals surface area contributed by atoms with Crippen molar-refractivity contribution < 1.29 is 4.40 Å². The Kier molecular flexibility index (Phi) is 5.43. The molecule has 136 valence electrons. The lowest BCUT2D eigenvalue weighted by Crippen LogP contribution is -2.30. The average molecular weight is 350 g/mol. The number of para-hydroxylation sites is 2. The molecular formula is C21H28N5+. The first-order valence-corrected chi connectivity index (χ1v) is 9.35. The Bertz CT molecular complexity index is 962. The van der Waals surface area contributed by atoms with Crippen LogP contribution >= 0.6 is 0 Å². The predicted molar refractivity (Wildman–Crippen MR) is 107 cm³/mol. The molecule has 0 saturated carbocycles. The van der Waals surface area contributed by atoms with Crippen LogP contribution < -0.4 is 9.72 Å². The number of anilines is 1. The lowest BCUT2D eigenvalue weighted by atomic mass is 10.0. The molecule has 1 aromatic carbocycles. The summed E-state index contributed by atoms with van der Waals surface area (Å²) in [5, 5.41) is 13.5. The smallest absolute Gasteiger partial charge is 0.250 e. The molecule has 0 aliphatic carbocycles. The van der Waals surface area contributed by atoms with Gasteiger partial charge in [-0.2, -0.15) is 9.66 Å². The highest BCUT2D eigenvalue weighted by Gasteiger charge is 2.24. The van der Waals surface area contributed by atoms with Gasteiger partial charge in [-0.05, 0) is 51.6 Å². The molecule has 0 spiro atoms. The van der Waals surface area contributed by atoms with Gasteiger partial charge in [0, 0.05) is 12.1 Å². The molecule has 26 heavy (non-hydrogen) atoms. The van der Waals surface area contributed by atoms with Crippen molar-refractivity contribution in [1.29, 1.82) is 5.26 Å². The van der Waals surface area contributed by atoms with Gasteiger partial charge < -0.3 is 10.2 Å². The van der Waals surface area contributed by atoms with Crippen LogP contribution in [0.15, 0.2) is 24.3 Å². The summed E-state index contributed by atoms with van der Waals surface area (Å²) in [5.41, 5.74) is 6.09. The van der Waals surface area contributed by atoms with E-state index in [9.17, 15) is 5.26 Å². The minimum absolute atomic E-state index is 0.739. The van der Waals surface area contributed by atoms with Crippen molar-refractivity contribution in [3.63, 3.8) is 0 Å². The summed E-state index contributed by atoms with van der Waals surface area (Å²) in [6.07, 6.45) is 3.08. The van der Waals surface area contributed by atoms with Crippen LogP contribution in [-0.2, 0) is 6.42 Å². The Morgan fingerprint density at radius 3 is 2.73 bits per heavy atom. The van der Waals surface area contributed by atoms with E-state index in [-0.39, 0.29) is 0 Å². The van der Waals surface area contributed by atoms with Crippen LogP contribution in [0.2, 0.25) is 0 Å². The highest BCUT2D eigenvalue weighted by atomic mass is 15.1. The number of nitrogens with zero attached hydrogens (tertiary/aromatic N) is 3. The number of aromatic amines is 1. The molecule has 3 rings (SSSR count). The molecule has 0 aliphatic heterocycles. The van der Waals surface area contributed by atoms with E-state index in [0.717, 1.165) is 66.0 Å². The topological polar surface area (TPSA) is 59.0 Å². The number of benzene rings is 1. The molecular weight excluding hydrogens is 322 g/mol.